The van der Waals surface area contributed by atoms with Crippen molar-refractivity contribution < 1.29 is 9.59 Å². The van der Waals surface area contributed by atoms with Gasteiger partial charge in [0, 0.05) is 14.1 Å². The van der Waals surface area contributed by atoms with Crippen molar-refractivity contribution in [3.63, 3.8) is 0 Å². The van der Waals surface area contributed by atoms with Crippen LogP contribution in [0.25, 0.3) is 0 Å². The monoisotopic (exact) mass is 288 g/mol. The molecule has 0 fully saturated rings. The maximum atomic E-state index is 12.2. The molecular formula is C13H16N6O2. The van der Waals surface area contributed by atoms with Crippen molar-refractivity contribution in [3.8, 4) is 0 Å². The van der Waals surface area contributed by atoms with Crippen LogP contribution in [0.3, 0.4) is 0 Å². The standard InChI is InChI=1S/C13H16N6O2/c1-18(2)13(21)12(10-6-4-3-5-7-10)15-11(20)8-19-9-14-16-17-19/h3-7,9,12H,8H2,1-2H3,(H,15,20)/t12-/m1/s1. The van der Waals surface area contributed by atoms with Crippen LogP contribution in [0.1, 0.15) is 11.6 Å². The van der Waals surface area contributed by atoms with Gasteiger partial charge in [-0.25, -0.2) is 4.68 Å². The van der Waals surface area contributed by atoms with E-state index in [1.54, 1.807) is 26.2 Å². The van der Waals surface area contributed by atoms with Crippen LogP contribution >= 0.6 is 0 Å². The number of nitrogens with zero attached hydrogens (tertiary/aromatic N) is 5. The second kappa shape index (κ2) is 6.60. The summed E-state index contributed by atoms with van der Waals surface area (Å²) in [7, 11) is 3.29. The molecule has 0 aliphatic carbocycles. The summed E-state index contributed by atoms with van der Waals surface area (Å²) in [5, 5.41) is 13.2. The topological polar surface area (TPSA) is 93.0 Å². The Kier molecular flexibility index (Phi) is 4.60. The Morgan fingerprint density at radius 2 is 2.00 bits per heavy atom. The average molecular weight is 288 g/mol. The predicted molar refractivity (Wildman–Crippen MR) is 73.8 cm³/mol. The van der Waals surface area contributed by atoms with Crippen LogP contribution in [-0.4, -0.2) is 51.0 Å². The van der Waals surface area contributed by atoms with Crippen molar-refractivity contribution in [2.45, 2.75) is 12.6 Å². The summed E-state index contributed by atoms with van der Waals surface area (Å²) in [6, 6.07) is 8.35. The first kappa shape index (κ1) is 14.6. The van der Waals surface area contributed by atoms with Crippen LogP contribution in [0.15, 0.2) is 36.7 Å². The highest BCUT2D eigenvalue weighted by Gasteiger charge is 2.24. The number of carbonyl (C=O) groups is 2. The first-order valence-corrected chi connectivity index (χ1v) is 6.34. The zero-order valence-corrected chi connectivity index (χ0v) is 11.8. The zero-order chi connectivity index (χ0) is 15.2. The molecule has 0 aliphatic rings. The van der Waals surface area contributed by atoms with Crippen LogP contribution in [0, 0.1) is 0 Å². The lowest BCUT2D eigenvalue weighted by atomic mass is 10.1. The maximum Gasteiger partial charge on any atom is 0.249 e. The first-order valence-electron chi connectivity index (χ1n) is 6.34. The number of rotatable bonds is 5. The molecule has 1 aromatic heterocycles. The fourth-order valence-corrected chi connectivity index (χ4v) is 1.80. The van der Waals surface area contributed by atoms with Crippen molar-refractivity contribution in [2.24, 2.45) is 0 Å². The Hall–Kier alpha value is -2.77. The lowest BCUT2D eigenvalue weighted by Crippen LogP contribution is -2.41. The van der Waals surface area contributed by atoms with Gasteiger partial charge in [-0.15, -0.1) is 5.10 Å². The van der Waals surface area contributed by atoms with Gasteiger partial charge >= 0.3 is 0 Å². The number of tetrazole rings is 1. The molecule has 2 rings (SSSR count). The van der Waals surface area contributed by atoms with Gasteiger partial charge in [0.05, 0.1) is 0 Å². The van der Waals surface area contributed by atoms with Gasteiger partial charge in [-0.2, -0.15) is 0 Å². The van der Waals surface area contributed by atoms with E-state index in [0.717, 1.165) is 5.56 Å². The normalized spacial score (nSPS) is 11.7. The third-order valence-electron chi connectivity index (χ3n) is 2.82. The van der Waals surface area contributed by atoms with Gasteiger partial charge in [0.25, 0.3) is 0 Å². The molecule has 0 saturated heterocycles. The number of hydrogen-bond acceptors (Lipinski definition) is 5. The highest BCUT2D eigenvalue weighted by atomic mass is 16.2. The summed E-state index contributed by atoms with van der Waals surface area (Å²) >= 11 is 0. The second-order valence-corrected chi connectivity index (χ2v) is 4.65. The van der Waals surface area contributed by atoms with Crippen LogP contribution in [-0.2, 0) is 16.1 Å². The van der Waals surface area contributed by atoms with E-state index in [9.17, 15) is 9.59 Å². The third kappa shape index (κ3) is 3.85. The Morgan fingerprint density at radius 1 is 1.29 bits per heavy atom. The van der Waals surface area contributed by atoms with Gasteiger partial charge in [0.15, 0.2) is 0 Å². The number of nitrogens with one attached hydrogen (secondary N) is 1. The van der Waals surface area contributed by atoms with Gasteiger partial charge < -0.3 is 10.2 Å². The van der Waals surface area contributed by atoms with Crippen LogP contribution < -0.4 is 5.32 Å². The van der Waals surface area contributed by atoms with Crippen molar-refractivity contribution in [1.82, 2.24) is 30.4 Å². The number of carbonyl (C=O) groups excluding carboxylic acids is 2. The van der Waals surface area contributed by atoms with Gasteiger partial charge in [-0.05, 0) is 16.0 Å². The highest BCUT2D eigenvalue weighted by Crippen LogP contribution is 2.14. The molecule has 1 heterocycles. The number of benzene rings is 1. The molecule has 0 saturated carbocycles. The molecule has 0 spiro atoms. The SMILES string of the molecule is CN(C)C(=O)[C@H](NC(=O)Cn1cnnn1)c1ccccc1. The summed E-state index contributed by atoms with van der Waals surface area (Å²) in [5.41, 5.74) is 0.723. The molecule has 1 aromatic carbocycles. The van der Waals surface area contributed by atoms with Gasteiger partial charge in [-0.3, -0.25) is 9.59 Å². The van der Waals surface area contributed by atoms with E-state index < -0.39 is 6.04 Å². The van der Waals surface area contributed by atoms with Crippen LogP contribution in [0.4, 0.5) is 0 Å². The number of aromatic nitrogens is 4. The fraction of sp³-hybridized carbons (Fsp3) is 0.308. The summed E-state index contributed by atoms with van der Waals surface area (Å²) in [4.78, 5) is 25.7. The average Bonchev–Trinajstić information content (AvgIpc) is 2.97. The molecule has 21 heavy (non-hydrogen) atoms. The molecule has 0 unspecified atom stereocenters. The van der Waals surface area contributed by atoms with E-state index in [0.29, 0.717) is 0 Å². The van der Waals surface area contributed by atoms with Gasteiger partial charge in [-0.1, -0.05) is 30.3 Å². The molecular weight excluding hydrogens is 272 g/mol. The molecule has 110 valence electrons. The van der Waals surface area contributed by atoms with Crippen molar-refractivity contribution in [1.29, 1.82) is 0 Å². The largest absolute Gasteiger partial charge is 0.347 e. The minimum atomic E-state index is -0.731. The number of likely N-dealkylation sites (N-methyl/N-ethyl adjacent to an activating group) is 1. The molecule has 2 amide bonds. The van der Waals surface area contributed by atoms with Crippen LogP contribution in [0.2, 0.25) is 0 Å². The summed E-state index contributed by atoms with van der Waals surface area (Å²) in [6.07, 6.45) is 1.34. The molecule has 1 atom stereocenters. The summed E-state index contributed by atoms with van der Waals surface area (Å²) in [5.74, 6) is -0.544. The molecule has 0 bridgehead atoms. The summed E-state index contributed by atoms with van der Waals surface area (Å²) < 4.78 is 1.29. The lowest BCUT2D eigenvalue weighted by molar-refractivity contribution is -0.134. The maximum absolute atomic E-state index is 12.2. The molecule has 8 heteroatoms. The lowest BCUT2D eigenvalue weighted by Gasteiger charge is -2.22. The molecule has 1 N–H and O–H groups in total. The molecule has 2 aromatic rings. The third-order valence-corrected chi connectivity index (χ3v) is 2.82. The smallest absolute Gasteiger partial charge is 0.249 e. The minimum absolute atomic E-state index is 0.0446. The fourth-order valence-electron chi connectivity index (χ4n) is 1.80. The van der Waals surface area contributed by atoms with Crippen molar-refractivity contribution in [3.05, 3.63) is 42.2 Å². The predicted octanol–water partition coefficient (Wildman–Crippen LogP) is -0.381. The second-order valence-electron chi connectivity index (χ2n) is 4.65. The Bertz CT molecular complexity index is 596. The quantitative estimate of drug-likeness (QED) is 0.809. The Balaban J connectivity index is 2.13. The minimum Gasteiger partial charge on any atom is -0.347 e. The van der Waals surface area contributed by atoms with Gasteiger partial charge in [0.2, 0.25) is 11.8 Å². The van der Waals surface area contributed by atoms with E-state index in [4.69, 9.17) is 0 Å². The molecule has 0 radical (unpaired) electrons. The van der Waals surface area contributed by atoms with E-state index in [1.807, 2.05) is 18.2 Å². The molecule has 8 nitrogen and oxygen atoms in total. The Morgan fingerprint density at radius 3 is 2.57 bits per heavy atom. The highest BCUT2D eigenvalue weighted by molar-refractivity contribution is 5.88. The van der Waals surface area contributed by atoms with E-state index >= 15 is 0 Å². The Labute approximate surface area is 121 Å². The number of hydrogen-bond donors (Lipinski definition) is 1. The van der Waals surface area contributed by atoms with E-state index in [1.165, 1.54) is 15.9 Å². The van der Waals surface area contributed by atoms with Crippen molar-refractivity contribution >= 4 is 11.8 Å². The first-order chi connectivity index (χ1) is 10.1. The van der Waals surface area contributed by atoms with Crippen LogP contribution in [0.5, 0.6) is 0 Å². The van der Waals surface area contributed by atoms with E-state index in [-0.39, 0.29) is 18.4 Å². The number of amides is 2. The summed E-state index contributed by atoms with van der Waals surface area (Å²) in [6.45, 7) is -0.0446. The van der Waals surface area contributed by atoms with Crippen molar-refractivity contribution in [2.75, 3.05) is 14.1 Å². The van der Waals surface area contributed by atoms with Gasteiger partial charge in [0.1, 0.15) is 18.9 Å². The van der Waals surface area contributed by atoms with E-state index in [2.05, 4.69) is 20.8 Å². The zero-order valence-electron chi connectivity index (χ0n) is 11.8. The molecule has 0 aliphatic heterocycles.